The van der Waals surface area contributed by atoms with Crippen LogP contribution in [0.3, 0.4) is 0 Å². The van der Waals surface area contributed by atoms with E-state index in [1.807, 2.05) is 19.1 Å². The molecule has 0 spiro atoms. The maximum absolute atomic E-state index is 11.6. The summed E-state index contributed by atoms with van der Waals surface area (Å²) in [5.74, 6) is 1.05. The van der Waals surface area contributed by atoms with E-state index in [2.05, 4.69) is 20.5 Å². The van der Waals surface area contributed by atoms with Crippen LogP contribution in [0.1, 0.15) is 19.2 Å². The first kappa shape index (κ1) is 15.1. The smallest absolute Gasteiger partial charge is 0.250 e. The molecule has 0 unspecified atom stereocenters. The molecule has 4 N–H and O–H groups in total. The van der Waals surface area contributed by atoms with Crippen molar-refractivity contribution in [3.05, 3.63) is 30.1 Å². The van der Waals surface area contributed by atoms with Crippen LogP contribution in [-0.2, 0) is 16.1 Å². The van der Waals surface area contributed by atoms with Gasteiger partial charge in [-0.1, -0.05) is 6.92 Å². The normalized spacial score (nSPS) is 10.6. The second kappa shape index (κ2) is 7.51. The molecule has 1 aromatic heterocycles. The van der Waals surface area contributed by atoms with Gasteiger partial charge < -0.3 is 15.8 Å². The lowest BCUT2D eigenvalue weighted by atomic mass is 10.2. The van der Waals surface area contributed by atoms with E-state index in [4.69, 9.17) is 10.5 Å². The second-order valence-electron chi connectivity index (χ2n) is 4.49. The maximum Gasteiger partial charge on any atom is 0.250 e. The molecule has 0 aliphatic rings. The van der Waals surface area contributed by atoms with Gasteiger partial charge in [-0.3, -0.25) is 9.89 Å². The van der Waals surface area contributed by atoms with Crippen molar-refractivity contribution in [1.29, 1.82) is 0 Å². The Morgan fingerprint density at radius 3 is 2.76 bits per heavy atom. The van der Waals surface area contributed by atoms with E-state index in [1.54, 1.807) is 12.1 Å². The van der Waals surface area contributed by atoms with Crippen LogP contribution >= 0.6 is 0 Å². The maximum atomic E-state index is 11.6. The summed E-state index contributed by atoms with van der Waals surface area (Å²) in [5, 5.41) is 9.59. The predicted octanol–water partition coefficient (Wildman–Crippen LogP) is 1.30. The number of anilines is 1. The number of aromatic amines is 1. The Balaban J connectivity index is 1.94. The monoisotopic (exact) mass is 289 g/mol. The molecular weight excluding hydrogens is 270 g/mol. The van der Waals surface area contributed by atoms with E-state index >= 15 is 0 Å². The highest BCUT2D eigenvalue weighted by atomic mass is 16.5. The van der Waals surface area contributed by atoms with Crippen molar-refractivity contribution in [2.24, 2.45) is 5.73 Å². The van der Waals surface area contributed by atoms with Gasteiger partial charge in [-0.2, -0.15) is 5.10 Å². The number of carbonyl (C=O) groups excluding carboxylic acids is 1. The minimum Gasteiger partial charge on any atom is -0.372 e. The number of hydrogen-bond donors (Lipinski definition) is 3. The first-order chi connectivity index (χ1) is 10.2. The molecule has 2 aromatic rings. The lowest BCUT2D eigenvalue weighted by Gasteiger charge is -2.06. The van der Waals surface area contributed by atoms with Gasteiger partial charge in [0.25, 0.3) is 0 Å². The molecule has 0 aliphatic heterocycles. The van der Waals surface area contributed by atoms with Gasteiger partial charge >= 0.3 is 0 Å². The Hall–Kier alpha value is -2.25. The molecule has 0 bridgehead atoms. The highest BCUT2D eigenvalue weighted by Crippen LogP contribution is 2.17. The number of H-pyrrole nitrogens is 1. The van der Waals surface area contributed by atoms with E-state index in [-0.39, 0.29) is 12.5 Å². The van der Waals surface area contributed by atoms with E-state index in [1.165, 1.54) is 0 Å². The summed E-state index contributed by atoms with van der Waals surface area (Å²) >= 11 is 0. The summed E-state index contributed by atoms with van der Waals surface area (Å²) in [6.07, 6.45) is 0.892. The van der Waals surface area contributed by atoms with Crippen LogP contribution < -0.4 is 11.1 Å². The third kappa shape index (κ3) is 4.37. The molecule has 0 aliphatic carbocycles. The van der Waals surface area contributed by atoms with Gasteiger partial charge in [-0.05, 0) is 30.7 Å². The number of hydrogen-bond acceptors (Lipinski definition) is 5. The van der Waals surface area contributed by atoms with Crippen molar-refractivity contribution in [1.82, 2.24) is 15.2 Å². The number of nitrogens with zero attached hydrogens (tertiary/aromatic N) is 2. The standard InChI is InChI=1S/C14H19N5O2/c1-2-7-21-9-13(20)16-11-5-3-10(4-6-11)14-17-12(8-15)18-19-14/h3-6H,2,7-9,15H2,1H3,(H,16,20)(H,17,18,19). The third-order valence-electron chi connectivity index (χ3n) is 2.73. The molecule has 7 heteroatoms. The molecule has 1 aromatic carbocycles. The van der Waals surface area contributed by atoms with Crippen LogP contribution in [0.4, 0.5) is 5.69 Å². The number of benzene rings is 1. The fourth-order valence-electron chi connectivity index (χ4n) is 1.72. The summed E-state index contributed by atoms with van der Waals surface area (Å²) in [7, 11) is 0. The van der Waals surface area contributed by atoms with Crippen molar-refractivity contribution in [3.8, 4) is 11.4 Å². The highest BCUT2D eigenvalue weighted by Gasteiger charge is 2.06. The van der Waals surface area contributed by atoms with E-state index in [0.717, 1.165) is 12.0 Å². The Bertz CT molecular complexity index is 579. The van der Waals surface area contributed by atoms with Gasteiger partial charge in [0, 0.05) is 17.9 Å². The molecule has 0 fully saturated rings. The van der Waals surface area contributed by atoms with Crippen LogP contribution in [-0.4, -0.2) is 34.3 Å². The van der Waals surface area contributed by atoms with Gasteiger partial charge in [0.1, 0.15) is 12.4 Å². The van der Waals surface area contributed by atoms with Crippen LogP contribution in [0.15, 0.2) is 24.3 Å². The average molecular weight is 289 g/mol. The third-order valence-corrected chi connectivity index (χ3v) is 2.73. The fourth-order valence-corrected chi connectivity index (χ4v) is 1.72. The number of rotatable bonds is 7. The first-order valence-corrected chi connectivity index (χ1v) is 6.82. The molecule has 1 amide bonds. The molecule has 112 valence electrons. The number of nitrogens with two attached hydrogens (primary N) is 1. The van der Waals surface area contributed by atoms with Gasteiger partial charge in [0.05, 0.1) is 6.54 Å². The number of ether oxygens (including phenoxy) is 1. The molecule has 0 saturated carbocycles. The number of nitrogens with one attached hydrogen (secondary N) is 2. The zero-order chi connectivity index (χ0) is 15.1. The van der Waals surface area contributed by atoms with Gasteiger partial charge in [0.2, 0.25) is 5.91 Å². The lowest BCUT2D eigenvalue weighted by Crippen LogP contribution is -2.18. The molecule has 0 saturated heterocycles. The predicted molar refractivity (Wildman–Crippen MR) is 79.4 cm³/mol. The van der Waals surface area contributed by atoms with Crippen LogP contribution in [0.5, 0.6) is 0 Å². The lowest BCUT2D eigenvalue weighted by molar-refractivity contribution is -0.120. The van der Waals surface area contributed by atoms with Crippen LogP contribution in [0.2, 0.25) is 0 Å². The van der Waals surface area contributed by atoms with Gasteiger partial charge in [0.15, 0.2) is 5.82 Å². The number of amides is 1. The largest absolute Gasteiger partial charge is 0.372 e. The van der Waals surface area contributed by atoms with Crippen LogP contribution in [0, 0.1) is 0 Å². The zero-order valence-corrected chi connectivity index (χ0v) is 11.9. The van der Waals surface area contributed by atoms with Crippen molar-refractivity contribution < 1.29 is 9.53 Å². The SMILES string of the molecule is CCCOCC(=O)Nc1ccc(-c2n[nH]c(CN)n2)cc1. The number of carbonyl (C=O) groups is 1. The van der Waals surface area contributed by atoms with Crippen molar-refractivity contribution >= 4 is 11.6 Å². The summed E-state index contributed by atoms with van der Waals surface area (Å²) in [6, 6.07) is 7.27. The molecule has 2 rings (SSSR count). The van der Waals surface area contributed by atoms with Crippen molar-refractivity contribution in [2.45, 2.75) is 19.9 Å². The fraction of sp³-hybridized carbons (Fsp3) is 0.357. The first-order valence-electron chi connectivity index (χ1n) is 6.82. The molecular formula is C14H19N5O2. The van der Waals surface area contributed by atoms with E-state index in [9.17, 15) is 4.79 Å². The second-order valence-corrected chi connectivity index (χ2v) is 4.49. The topological polar surface area (TPSA) is 106 Å². The van der Waals surface area contributed by atoms with Gasteiger partial charge in [-0.15, -0.1) is 0 Å². The van der Waals surface area contributed by atoms with Gasteiger partial charge in [-0.25, -0.2) is 4.98 Å². The minimum atomic E-state index is -0.167. The van der Waals surface area contributed by atoms with Crippen molar-refractivity contribution in [3.63, 3.8) is 0 Å². The molecule has 1 heterocycles. The summed E-state index contributed by atoms with van der Waals surface area (Å²) in [4.78, 5) is 15.8. The molecule has 0 radical (unpaired) electrons. The van der Waals surface area contributed by atoms with Crippen molar-refractivity contribution in [2.75, 3.05) is 18.5 Å². The van der Waals surface area contributed by atoms with E-state index < -0.39 is 0 Å². The van der Waals surface area contributed by atoms with E-state index in [0.29, 0.717) is 30.5 Å². The highest BCUT2D eigenvalue weighted by molar-refractivity contribution is 5.91. The average Bonchev–Trinajstić information content (AvgIpc) is 2.97. The zero-order valence-electron chi connectivity index (χ0n) is 11.9. The molecule has 0 atom stereocenters. The Kier molecular flexibility index (Phi) is 5.42. The summed E-state index contributed by atoms with van der Waals surface area (Å²) in [5.41, 5.74) is 7.04. The Labute approximate surface area is 122 Å². The quantitative estimate of drug-likeness (QED) is 0.666. The minimum absolute atomic E-state index is 0.0658. The number of aromatic nitrogens is 3. The Morgan fingerprint density at radius 2 is 2.14 bits per heavy atom. The summed E-state index contributed by atoms with van der Waals surface area (Å²) in [6.45, 7) is 2.96. The molecule has 21 heavy (non-hydrogen) atoms. The molecule has 7 nitrogen and oxygen atoms in total. The van der Waals surface area contributed by atoms with Crippen LogP contribution in [0.25, 0.3) is 11.4 Å². The Morgan fingerprint density at radius 1 is 1.38 bits per heavy atom. The summed E-state index contributed by atoms with van der Waals surface area (Å²) < 4.78 is 5.18.